The van der Waals surface area contributed by atoms with Crippen LogP contribution < -0.4 is 16.4 Å². The highest BCUT2D eigenvalue weighted by Crippen LogP contribution is 1.98. The van der Waals surface area contributed by atoms with Crippen LogP contribution in [0, 0.1) is 0 Å². The normalized spacial score (nSPS) is 11.9. The minimum Gasteiger partial charge on any atom is -0.370 e. The summed E-state index contributed by atoms with van der Waals surface area (Å²) in [4.78, 5) is 32.8. The molecule has 6 heteroatoms. The lowest BCUT2D eigenvalue weighted by atomic mass is 10.1. The molecule has 0 aromatic carbocycles. The van der Waals surface area contributed by atoms with Crippen molar-refractivity contribution in [3.05, 3.63) is 0 Å². The average Bonchev–Trinajstić information content (AvgIpc) is 2.11. The first-order chi connectivity index (χ1) is 6.97. The zero-order valence-electron chi connectivity index (χ0n) is 9.00. The summed E-state index contributed by atoms with van der Waals surface area (Å²) in [6.07, 6.45) is 0.338. The van der Waals surface area contributed by atoms with E-state index in [4.69, 9.17) is 5.73 Å². The molecule has 0 bridgehead atoms. The Balaban J connectivity index is 4.10. The molecule has 15 heavy (non-hydrogen) atoms. The number of carbonyl (C=O) groups excluding carboxylic acids is 3. The summed E-state index contributed by atoms with van der Waals surface area (Å²) < 4.78 is 0. The predicted molar refractivity (Wildman–Crippen MR) is 55.0 cm³/mol. The van der Waals surface area contributed by atoms with Crippen molar-refractivity contribution >= 4 is 17.6 Å². The van der Waals surface area contributed by atoms with Gasteiger partial charge in [-0.25, -0.2) is 0 Å². The summed E-state index contributed by atoms with van der Waals surface area (Å²) in [5, 5.41) is 5.18. The molecule has 1 unspecified atom stereocenters. The highest BCUT2D eigenvalue weighted by atomic mass is 16.2. The topological polar surface area (TPSA) is 101 Å². The van der Waals surface area contributed by atoms with E-state index in [9.17, 15) is 14.4 Å². The fourth-order valence-electron chi connectivity index (χ4n) is 1.07. The van der Waals surface area contributed by atoms with E-state index in [1.165, 1.54) is 6.92 Å². The van der Waals surface area contributed by atoms with E-state index in [1.807, 2.05) is 0 Å². The first kappa shape index (κ1) is 13.6. The SMILES string of the molecule is CNCC(=O)NC(CCC(N)=O)C(C)=O. The lowest BCUT2D eigenvalue weighted by Crippen LogP contribution is -2.43. The average molecular weight is 215 g/mol. The van der Waals surface area contributed by atoms with Gasteiger partial charge in [0.05, 0.1) is 12.6 Å². The Morgan fingerprint density at radius 2 is 1.93 bits per heavy atom. The molecule has 0 aliphatic carbocycles. The Morgan fingerprint density at radius 1 is 1.33 bits per heavy atom. The minimum absolute atomic E-state index is 0.0874. The van der Waals surface area contributed by atoms with E-state index >= 15 is 0 Å². The van der Waals surface area contributed by atoms with Crippen molar-refractivity contribution in [3.8, 4) is 0 Å². The van der Waals surface area contributed by atoms with Gasteiger partial charge in [-0.15, -0.1) is 0 Å². The maximum Gasteiger partial charge on any atom is 0.234 e. The van der Waals surface area contributed by atoms with E-state index in [0.29, 0.717) is 0 Å². The van der Waals surface area contributed by atoms with Gasteiger partial charge in [0.1, 0.15) is 0 Å². The molecule has 0 radical (unpaired) electrons. The van der Waals surface area contributed by atoms with Crippen LogP contribution >= 0.6 is 0 Å². The largest absolute Gasteiger partial charge is 0.370 e. The third-order valence-corrected chi connectivity index (χ3v) is 1.84. The Hall–Kier alpha value is -1.43. The lowest BCUT2D eigenvalue weighted by molar-refractivity contribution is -0.127. The van der Waals surface area contributed by atoms with E-state index < -0.39 is 11.9 Å². The number of ketones is 1. The molecule has 0 heterocycles. The Morgan fingerprint density at radius 3 is 2.33 bits per heavy atom. The maximum atomic E-state index is 11.2. The van der Waals surface area contributed by atoms with Crippen LogP contribution in [0.3, 0.4) is 0 Å². The van der Waals surface area contributed by atoms with Crippen molar-refractivity contribution in [2.75, 3.05) is 13.6 Å². The smallest absolute Gasteiger partial charge is 0.234 e. The van der Waals surface area contributed by atoms with E-state index in [1.54, 1.807) is 7.05 Å². The molecule has 6 nitrogen and oxygen atoms in total. The standard InChI is InChI=1S/C9H17N3O3/c1-6(13)7(3-4-8(10)14)12-9(15)5-11-2/h7,11H,3-5H2,1-2H3,(H2,10,14)(H,12,15). The number of rotatable bonds is 7. The Kier molecular flexibility index (Phi) is 6.28. The summed E-state index contributed by atoms with van der Waals surface area (Å²) in [6, 6.07) is -0.627. The van der Waals surface area contributed by atoms with Crippen LogP contribution in [-0.4, -0.2) is 37.2 Å². The summed E-state index contributed by atoms with van der Waals surface area (Å²) in [5.41, 5.74) is 4.96. The number of nitrogens with two attached hydrogens (primary N) is 1. The van der Waals surface area contributed by atoms with Crippen molar-refractivity contribution in [3.63, 3.8) is 0 Å². The third-order valence-electron chi connectivity index (χ3n) is 1.84. The first-order valence-corrected chi connectivity index (χ1v) is 4.70. The molecule has 0 saturated carbocycles. The quantitative estimate of drug-likeness (QED) is 0.483. The minimum atomic E-state index is -0.627. The predicted octanol–water partition coefficient (Wildman–Crippen LogP) is -1.45. The van der Waals surface area contributed by atoms with E-state index in [2.05, 4.69) is 10.6 Å². The van der Waals surface area contributed by atoms with Crippen molar-refractivity contribution in [2.45, 2.75) is 25.8 Å². The van der Waals surface area contributed by atoms with E-state index in [0.717, 1.165) is 0 Å². The van der Waals surface area contributed by atoms with Crippen LogP contribution in [0.2, 0.25) is 0 Å². The second kappa shape index (κ2) is 6.94. The molecule has 0 saturated heterocycles. The summed E-state index contributed by atoms with van der Waals surface area (Å²) in [5.74, 6) is -0.938. The van der Waals surface area contributed by atoms with Crippen molar-refractivity contribution in [1.82, 2.24) is 10.6 Å². The molecule has 0 aliphatic heterocycles. The van der Waals surface area contributed by atoms with Crippen LogP contribution in [0.5, 0.6) is 0 Å². The summed E-state index contributed by atoms with van der Waals surface area (Å²) in [6.45, 7) is 1.51. The summed E-state index contributed by atoms with van der Waals surface area (Å²) in [7, 11) is 1.63. The molecule has 1 atom stereocenters. The van der Waals surface area contributed by atoms with Gasteiger partial charge in [0.15, 0.2) is 5.78 Å². The van der Waals surface area contributed by atoms with Crippen molar-refractivity contribution < 1.29 is 14.4 Å². The molecule has 4 N–H and O–H groups in total. The second-order valence-electron chi connectivity index (χ2n) is 3.27. The molecular formula is C9H17N3O3. The molecule has 0 aromatic rings. The van der Waals surface area contributed by atoms with Gasteiger partial charge in [0, 0.05) is 6.42 Å². The van der Waals surface area contributed by atoms with Crippen LogP contribution in [0.15, 0.2) is 0 Å². The monoisotopic (exact) mass is 215 g/mol. The molecule has 2 amide bonds. The lowest BCUT2D eigenvalue weighted by Gasteiger charge is -2.14. The molecular weight excluding hydrogens is 198 g/mol. The number of hydrogen-bond acceptors (Lipinski definition) is 4. The molecule has 0 spiro atoms. The molecule has 0 aliphatic rings. The van der Waals surface area contributed by atoms with Crippen LogP contribution in [0.25, 0.3) is 0 Å². The molecule has 0 aromatic heterocycles. The second-order valence-corrected chi connectivity index (χ2v) is 3.27. The van der Waals surface area contributed by atoms with Crippen LogP contribution in [0.4, 0.5) is 0 Å². The highest BCUT2D eigenvalue weighted by molar-refractivity contribution is 5.88. The fourth-order valence-corrected chi connectivity index (χ4v) is 1.07. The number of hydrogen-bond donors (Lipinski definition) is 3. The van der Waals surface area contributed by atoms with E-state index in [-0.39, 0.29) is 31.1 Å². The van der Waals surface area contributed by atoms with Crippen LogP contribution in [0.1, 0.15) is 19.8 Å². The molecule has 0 fully saturated rings. The first-order valence-electron chi connectivity index (χ1n) is 4.70. The van der Waals surface area contributed by atoms with Gasteiger partial charge < -0.3 is 16.4 Å². The number of carbonyl (C=O) groups is 3. The number of Topliss-reactive ketones (excluding diaryl/α,β-unsaturated/α-hetero) is 1. The molecule has 0 rings (SSSR count). The van der Waals surface area contributed by atoms with Gasteiger partial charge in [-0.2, -0.15) is 0 Å². The van der Waals surface area contributed by atoms with Gasteiger partial charge in [0.25, 0.3) is 0 Å². The van der Waals surface area contributed by atoms with Gasteiger partial charge in [-0.1, -0.05) is 0 Å². The van der Waals surface area contributed by atoms with Crippen molar-refractivity contribution in [1.29, 1.82) is 0 Å². The zero-order valence-corrected chi connectivity index (χ0v) is 9.00. The number of likely N-dealkylation sites (N-methyl/N-ethyl adjacent to an activating group) is 1. The fraction of sp³-hybridized carbons (Fsp3) is 0.667. The van der Waals surface area contributed by atoms with Gasteiger partial charge in [0.2, 0.25) is 11.8 Å². The zero-order chi connectivity index (χ0) is 11.8. The molecule has 86 valence electrons. The Labute approximate surface area is 88.6 Å². The Bertz CT molecular complexity index is 253. The highest BCUT2D eigenvalue weighted by Gasteiger charge is 2.16. The number of primary amides is 1. The number of amides is 2. The van der Waals surface area contributed by atoms with Crippen LogP contribution in [-0.2, 0) is 14.4 Å². The van der Waals surface area contributed by atoms with Gasteiger partial charge >= 0.3 is 0 Å². The third kappa shape index (κ3) is 6.62. The maximum absolute atomic E-state index is 11.2. The van der Waals surface area contributed by atoms with Gasteiger partial charge in [-0.05, 0) is 20.4 Å². The summed E-state index contributed by atoms with van der Waals surface area (Å²) >= 11 is 0. The van der Waals surface area contributed by atoms with Crippen molar-refractivity contribution in [2.24, 2.45) is 5.73 Å². The number of nitrogens with one attached hydrogen (secondary N) is 2. The van der Waals surface area contributed by atoms with Gasteiger partial charge in [-0.3, -0.25) is 14.4 Å².